The number of ether oxygens (including phenoxy) is 1. The first kappa shape index (κ1) is 11.1. The van der Waals surface area contributed by atoms with Crippen molar-refractivity contribution >= 4 is 27.8 Å². The van der Waals surface area contributed by atoms with Gasteiger partial charge in [0.05, 0.1) is 0 Å². The lowest BCUT2D eigenvalue weighted by Gasteiger charge is -1.94. The number of carbonyl (C=O) groups excluding carboxylic acids is 1. The number of carbonyl (C=O) groups is 1. The third-order valence-corrected chi connectivity index (χ3v) is 2.15. The third-order valence-electron chi connectivity index (χ3n) is 1.62. The maximum Gasteiger partial charge on any atom is 0.181 e. The van der Waals surface area contributed by atoms with Crippen molar-refractivity contribution in [2.24, 2.45) is 0 Å². The van der Waals surface area contributed by atoms with Gasteiger partial charge in [-0.3, -0.25) is 4.79 Å². The molecule has 0 heterocycles. The zero-order chi connectivity index (χ0) is 10.4. The van der Waals surface area contributed by atoms with Crippen molar-refractivity contribution in [3.8, 4) is 0 Å². The van der Waals surface area contributed by atoms with E-state index in [0.29, 0.717) is 0 Å². The van der Waals surface area contributed by atoms with Crippen molar-refractivity contribution < 1.29 is 9.53 Å². The van der Waals surface area contributed by atoms with Gasteiger partial charge in [-0.05, 0) is 23.8 Å². The number of benzene rings is 1. The highest BCUT2D eigenvalue weighted by Crippen LogP contribution is 2.11. The molecule has 0 radical (unpaired) electrons. The molecule has 0 aliphatic heterocycles. The normalized spacial score (nSPS) is 10.7. The average Bonchev–Trinajstić information content (AvgIpc) is 2.17. The van der Waals surface area contributed by atoms with Gasteiger partial charge in [0.1, 0.15) is 6.61 Å². The fourth-order valence-corrected chi connectivity index (χ4v) is 1.22. The minimum absolute atomic E-state index is 0.0320. The van der Waals surface area contributed by atoms with Crippen LogP contribution in [0.4, 0.5) is 0 Å². The zero-order valence-corrected chi connectivity index (χ0v) is 9.45. The van der Waals surface area contributed by atoms with Gasteiger partial charge in [0.2, 0.25) is 0 Å². The largest absolute Gasteiger partial charge is 0.377 e. The molecule has 0 saturated carbocycles. The summed E-state index contributed by atoms with van der Waals surface area (Å²) in [4.78, 5) is 11.1. The Kier molecular flexibility index (Phi) is 4.56. The third kappa shape index (κ3) is 3.85. The number of halogens is 1. The van der Waals surface area contributed by atoms with E-state index in [1.54, 1.807) is 6.08 Å². The van der Waals surface area contributed by atoms with Crippen molar-refractivity contribution in [3.05, 3.63) is 40.4 Å². The van der Waals surface area contributed by atoms with Crippen LogP contribution in [0.3, 0.4) is 0 Å². The smallest absolute Gasteiger partial charge is 0.181 e. The summed E-state index contributed by atoms with van der Waals surface area (Å²) in [6.07, 6.45) is 3.29. The molecule has 1 rings (SSSR count). The Bertz CT molecular complexity index is 328. The average molecular weight is 255 g/mol. The quantitative estimate of drug-likeness (QED) is 0.773. The first-order valence-corrected chi connectivity index (χ1v) is 4.97. The van der Waals surface area contributed by atoms with Crippen LogP contribution >= 0.6 is 15.9 Å². The molecule has 0 saturated heterocycles. The number of ketones is 1. The molecule has 1 aromatic rings. The molecule has 0 aromatic heterocycles. The monoisotopic (exact) mass is 254 g/mol. The van der Waals surface area contributed by atoms with Gasteiger partial charge in [-0.1, -0.05) is 34.1 Å². The summed E-state index contributed by atoms with van der Waals surface area (Å²) in [7, 11) is 1.51. The lowest BCUT2D eigenvalue weighted by atomic mass is 10.2. The standard InChI is InChI=1S/C11H11BrO2/c1-14-8-11(13)7-4-9-2-5-10(12)6-3-9/h2-7H,8H2,1H3/b7-4+. The van der Waals surface area contributed by atoms with E-state index in [1.807, 2.05) is 24.3 Å². The topological polar surface area (TPSA) is 26.3 Å². The Hall–Kier alpha value is -0.930. The molecule has 0 atom stereocenters. The summed E-state index contributed by atoms with van der Waals surface area (Å²) in [6, 6.07) is 7.72. The Balaban J connectivity index is 2.60. The zero-order valence-electron chi connectivity index (χ0n) is 7.87. The fourth-order valence-electron chi connectivity index (χ4n) is 0.953. The van der Waals surface area contributed by atoms with E-state index < -0.39 is 0 Å². The molecule has 0 bridgehead atoms. The molecule has 0 aliphatic carbocycles. The van der Waals surface area contributed by atoms with Crippen LogP contribution < -0.4 is 0 Å². The van der Waals surface area contributed by atoms with Crippen LogP contribution in [0.1, 0.15) is 5.56 Å². The molecule has 14 heavy (non-hydrogen) atoms. The van der Waals surface area contributed by atoms with Gasteiger partial charge in [-0.2, -0.15) is 0 Å². The highest BCUT2D eigenvalue weighted by atomic mass is 79.9. The Labute approximate surface area is 91.7 Å². The van der Waals surface area contributed by atoms with Crippen LogP contribution in [-0.2, 0) is 9.53 Å². The van der Waals surface area contributed by atoms with Crippen molar-refractivity contribution in [3.63, 3.8) is 0 Å². The molecule has 2 nitrogen and oxygen atoms in total. The number of hydrogen-bond donors (Lipinski definition) is 0. The first-order chi connectivity index (χ1) is 6.72. The van der Waals surface area contributed by atoms with Gasteiger partial charge in [-0.25, -0.2) is 0 Å². The molecular formula is C11H11BrO2. The van der Waals surface area contributed by atoms with E-state index in [-0.39, 0.29) is 12.4 Å². The van der Waals surface area contributed by atoms with E-state index in [1.165, 1.54) is 13.2 Å². The molecule has 0 N–H and O–H groups in total. The van der Waals surface area contributed by atoms with Crippen LogP contribution in [0, 0.1) is 0 Å². The van der Waals surface area contributed by atoms with E-state index in [2.05, 4.69) is 15.9 Å². The molecule has 0 spiro atoms. The van der Waals surface area contributed by atoms with Gasteiger partial charge in [0.25, 0.3) is 0 Å². The fraction of sp³-hybridized carbons (Fsp3) is 0.182. The SMILES string of the molecule is COCC(=O)/C=C/c1ccc(Br)cc1. The Morgan fingerprint density at radius 3 is 2.64 bits per heavy atom. The van der Waals surface area contributed by atoms with Crippen molar-refractivity contribution in [2.75, 3.05) is 13.7 Å². The molecule has 74 valence electrons. The molecule has 0 amide bonds. The Morgan fingerprint density at radius 2 is 2.07 bits per heavy atom. The molecule has 0 unspecified atom stereocenters. The van der Waals surface area contributed by atoms with Crippen molar-refractivity contribution in [2.45, 2.75) is 0 Å². The number of methoxy groups -OCH3 is 1. The molecule has 3 heteroatoms. The lowest BCUT2D eigenvalue weighted by Crippen LogP contribution is -2.01. The predicted octanol–water partition coefficient (Wildman–Crippen LogP) is 2.68. The summed E-state index contributed by atoms with van der Waals surface area (Å²) in [5.41, 5.74) is 0.998. The van der Waals surface area contributed by atoms with Crippen molar-refractivity contribution in [1.29, 1.82) is 0 Å². The highest BCUT2D eigenvalue weighted by molar-refractivity contribution is 9.10. The van der Waals surface area contributed by atoms with E-state index >= 15 is 0 Å². The molecular weight excluding hydrogens is 244 g/mol. The summed E-state index contributed by atoms with van der Waals surface area (Å²) in [5.74, 6) is -0.0320. The lowest BCUT2D eigenvalue weighted by molar-refractivity contribution is -0.117. The number of hydrogen-bond acceptors (Lipinski definition) is 2. The van der Waals surface area contributed by atoms with Crippen LogP contribution in [0.25, 0.3) is 6.08 Å². The number of rotatable bonds is 4. The van der Waals surface area contributed by atoms with Crippen LogP contribution in [-0.4, -0.2) is 19.5 Å². The van der Waals surface area contributed by atoms with E-state index in [0.717, 1.165) is 10.0 Å². The van der Waals surface area contributed by atoms with Gasteiger partial charge < -0.3 is 4.74 Å². The predicted molar refractivity (Wildman–Crippen MR) is 60.1 cm³/mol. The first-order valence-electron chi connectivity index (χ1n) is 4.18. The maximum atomic E-state index is 11.1. The maximum absolute atomic E-state index is 11.1. The van der Waals surface area contributed by atoms with Gasteiger partial charge >= 0.3 is 0 Å². The van der Waals surface area contributed by atoms with Gasteiger partial charge in [0.15, 0.2) is 5.78 Å². The van der Waals surface area contributed by atoms with Crippen LogP contribution in [0.15, 0.2) is 34.8 Å². The summed E-state index contributed by atoms with van der Waals surface area (Å²) in [5, 5.41) is 0. The summed E-state index contributed by atoms with van der Waals surface area (Å²) < 4.78 is 5.73. The minimum atomic E-state index is -0.0320. The summed E-state index contributed by atoms with van der Waals surface area (Å²) in [6.45, 7) is 0.132. The molecule has 0 fully saturated rings. The molecule has 0 aliphatic rings. The Morgan fingerprint density at radius 1 is 1.43 bits per heavy atom. The van der Waals surface area contributed by atoms with Crippen LogP contribution in [0.5, 0.6) is 0 Å². The molecule has 1 aromatic carbocycles. The second kappa shape index (κ2) is 5.73. The summed E-state index contributed by atoms with van der Waals surface area (Å²) >= 11 is 3.34. The second-order valence-electron chi connectivity index (χ2n) is 2.78. The van der Waals surface area contributed by atoms with E-state index in [4.69, 9.17) is 4.74 Å². The second-order valence-corrected chi connectivity index (χ2v) is 3.70. The minimum Gasteiger partial charge on any atom is -0.377 e. The van der Waals surface area contributed by atoms with Gasteiger partial charge in [-0.15, -0.1) is 0 Å². The van der Waals surface area contributed by atoms with Crippen LogP contribution in [0.2, 0.25) is 0 Å². The van der Waals surface area contributed by atoms with Crippen molar-refractivity contribution in [1.82, 2.24) is 0 Å². The van der Waals surface area contributed by atoms with Gasteiger partial charge in [0, 0.05) is 11.6 Å². The van der Waals surface area contributed by atoms with E-state index in [9.17, 15) is 4.79 Å². The highest BCUT2D eigenvalue weighted by Gasteiger charge is 1.93.